The quantitative estimate of drug-likeness (QED) is 0.595. The molecule has 2 heterocycles. The zero-order valence-electron chi connectivity index (χ0n) is 16.2. The average molecular weight is 413 g/mol. The van der Waals surface area contributed by atoms with Crippen molar-refractivity contribution in [3.05, 3.63) is 46.4 Å². The molecule has 3 rings (SSSR count). The normalized spacial score (nSPS) is 16.8. The molecule has 0 radical (unpaired) electrons. The average Bonchev–Trinajstić information content (AvgIpc) is 2.59. The summed E-state index contributed by atoms with van der Waals surface area (Å²) in [5, 5.41) is 0.210. The first-order valence-corrected chi connectivity index (χ1v) is 9.75. The minimum atomic E-state index is -2.77. The molecule has 1 aromatic carbocycles. The lowest BCUT2D eigenvalue weighted by Crippen LogP contribution is -2.40. The Bertz CT molecular complexity index is 854. The molecule has 1 unspecified atom stereocenters. The Hall–Kier alpha value is -1.79. The van der Waals surface area contributed by atoms with E-state index in [1.165, 1.54) is 6.07 Å². The topological polar surface area (TPSA) is 25.4 Å². The van der Waals surface area contributed by atoms with Crippen LogP contribution in [0.25, 0.3) is 11.1 Å². The monoisotopic (exact) mass is 412 g/mol. The number of halogens is 4. The van der Waals surface area contributed by atoms with Crippen LogP contribution in [0.5, 0.6) is 5.88 Å². The van der Waals surface area contributed by atoms with Crippen LogP contribution in [-0.2, 0) is 12.8 Å². The van der Waals surface area contributed by atoms with Gasteiger partial charge in [0.2, 0.25) is 5.88 Å². The lowest BCUT2D eigenvalue weighted by atomic mass is 9.94. The number of likely N-dealkylation sites (N-methyl/N-ethyl adjacent to an activating group) is 1. The summed E-state index contributed by atoms with van der Waals surface area (Å²) in [6.07, 6.45) is 1.73. The van der Waals surface area contributed by atoms with Crippen LogP contribution in [-0.4, -0.2) is 42.0 Å². The Morgan fingerprint density at radius 3 is 2.68 bits per heavy atom. The van der Waals surface area contributed by atoms with Crippen LogP contribution in [0.3, 0.4) is 0 Å². The molecule has 0 fully saturated rings. The lowest BCUT2D eigenvalue weighted by Gasteiger charge is -2.30. The molecule has 152 valence electrons. The van der Waals surface area contributed by atoms with Gasteiger partial charge in [0.15, 0.2) is 0 Å². The van der Waals surface area contributed by atoms with E-state index in [4.69, 9.17) is 16.3 Å². The number of aryl methyl sites for hydroxylation is 1. The maximum atomic E-state index is 14.6. The lowest BCUT2D eigenvalue weighted by molar-refractivity contribution is -0.0166. The third kappa shape index (κ3) is 4.97. The van der Waals surface area contributed by atoms with Gasteiger partial charge in [0, 0.05) is 24.6 Å². The molecule has 0 amide bonds. The van der Waals surface area contributed by atoms with Gasteiger partial charge in [0.25, 0.3) is 5.92 Å². The van der Waals surface area contributed by atoms with Gasteiger partial charge in [-0.05, 0) is 49.6 Å². The number of alkyl halides is 2. The summed E-state index contributed by atoms with van der Waals surface area (Å²) >= 11 is 6.16. The smallest absolute Gasteiger partial charge is 0.257 e. The van der Waals surface area contributed by atoms with E-state index in [-0.39, 0.29) is 23.6 Å². The number of pyridine rings is 1. The third-order valence-corrected chi connectivity index (χ3v) is 5.04. The summed E-state index contributed by atoms with van der Waals surface area (Å²) in [4.78, 5) is 5.80. The fourth-order valence-electron chi connectivity index (χ4n) is 3.63. The first kappa shape index (κ1) is 20.9. The van der Waals surface area contributed by atoms with E-state index in [1.54, 1.807) is 24.1 Å². The number of fused-ring (bicyclic) bond motifs is 1. The SMILES string of the molecule is CCc1ccc(-c2cc(Cl)nc3c2CCC(CN(C)CC(C)(F)F)O3)c(F)c1. The van der Waals surface area contributed by atoms with Crippen molar-refractivity contribution in [1.29, 1.82) is 0 Å². The molecule has 2 aromatic rings. The molecule has 1 aromatic heterocycles. The fourth-order valence-corrected chi connectivity index (χ4v) is 3.82. The predicted molar refractivity (Wildman–Crippen MR) is 105 cm³/mol. The van der Waals surface area contributed by atoms with Crippen molar-refractivity contribution in [3.8, 4) is 17.0 Å². The first-order valence-electron chi connectivity index (χ1n) is 9.37. The van der Waals surface area contributed by atoms with Crippen LogP contribution in [0.15, 0.2) is 24.3 Å². The standard InChI is InChI=1S/C21H24ClF3N2O/c1-4-13-5-7-15(18(23)9-13)17-10-19(22)26-20-16(17)8-6-14(28-20)11-27(3)12-21(2,24)25/h5,7,9-10,14H,4,6,8,11-12H2,1-3H3. The van der Waals surface area contributed by atoms with E-state index >= 15 is 0 Å². The van der Waals surface area contributed by atoms with Gasteiger partial charge >= 0.3 is 0 Å². The maximum absolute atomic E-state index is 14.6. The molecule has 28 heavy (non-hydrogen) atoms. The number of rotatable bonds is 6. The summed E-state index contributed by atoms with van der Waals surface area (Å²) in [6.45, 7) is 2.88. The van der Waals surface area contributed by atoms with E-state index in [0.717, 1.165) is 24.5 Å². The zero-order chi connectivity index (χ0) is 20.5. The van der Waals surface area contributed by atoms with Crippen LogP contribution < -0.4 is 4.74 Å². The van der Waals surface area contributed by atoms with E-state index < -0.39 is 5.92 Å². The second-order valence-corrected chi connectivity index (χ2v) is 7.88. The van der Waals surface area contributed by atoms with Crippen molar-refractivity contribution >= 4 is 11.6 Å². The van der Waals surface area contributed by atoms with Crippen LogP contribution in [0.1, 0.15) is 31.4 Å². The number of nitrogens with zero attached hydrogens (tertiary/aromatic N) is 2. The molecular formula is C21H24ClF3N2O. The second kappa shape index (κ2) is 8.29. The number of hydrogen-bond acceptors (Lipinski definition) is 3. The molecule has 0 N–H and O–H groups in total. The Labute approximate surface area is 168 Å². The molecular weight excluding hydrogens is 389 g/mol. The molecule has 1 aliphatic rings. The predicted octanol–water partition coefficient (Wildman–Crippen LogP) is 5.38. The van der Waals surface area contributed by atoms with Gasteiger partial charge in [-0.2, -0.15) is 0 Å². The summed E-state index contributed by atoms with van der Waals surface area (Å²) in [5.41, 5.74) is 2.85. The highest BCUT2D eigenvalue weighted by Crippen LogP contribution is 2.37. The van der Waals surface area contributed by atoms with Crippen molar-refractivity contribution < 1.29 is 17.9 Å². The Morgan fingerprint density at radius 1 is 1.29 bits per heavy atom. The number of aromatic nitrogens is 1. The minimum Gasteiger partial charge on any atom is -0.473 e. The van der Waals surface area contributed by atoms with Crippen LogP contribution >= 0.6 is 11.6 Å². The molecule has 3 nitrogen and oxygen atoms in total. The van der Waals surface area contributed by atoms with Gasteiger partial charge in [-0.1, -0.05) is 30.7 Å². The maximum Gasteiger partial charge on any atom is 0.257 e. The first-order chi connectivity index (χ1) is 13.2. The number of ether oxygens (including phenoxy) is 1. The Balaban J connectivity index is 1.85. The van der Waals surface area contributed by atoms with Crippen LogP contribution in [0.4, 0.5) is 13.2 Å². The number of benzene rings is 1. The van der Waals surface area contributed by atoms with Crippen molar-refractivity contribution in [3.63, 3.8) is 0 Å². The van der Waals surface area contributed by atoms with Crippen molar-refractivity contribution in [2.45, 2.75) is 45.1 Å². The summed E-state index contributed by atoms with van der Waals surface area (Å²) in [7, 11) is 1.64. The van der Waals surface area contributed by atoms with Crippen LogP contribution in [0, 0.1) is 5.82 Å². The molecule has 0 saturated heterocycles. The van der Waals surface area contributed by atoms with Gasteiger partial charge in [0.05, 0.1) is 6.54 Å². The highest BCUT2D eigenvalue weighted by Gasteiger charge is 2.29. The van der Waals surface area contributed by atoms with E-state index in [0.29, 0.717) is 36.4 Å². The highest BCUT2D eigenvalue weighted by molar-refractivity contribution is 6.29. The minimum absolute atomic E-state index is 0.210. The molecule has 7 heteroatoms. The zero-order valence-corrected chi connectivity index (χ0v) is 17.0. The van der Waals surface area contributed by atoms with E-state index in [1.807, 2.05) is 13.0 Å². The van der Waals surface area contributed by atoms with E-state index in [2.05, 4.69) is 4.98 Å². The molecule has 0 bridgehead atoms. The van der Waals surface area contributed by atoms with Gasteiger partial charge in [0.1, 0.15) is 17.1 Å². The molecule has 0 spiro atoms. The van der Waals surface area contributed by atoms with Gasteiger partial charge in [-0.3, -0.25) is 4.90 Å². The van der Waals surface area contributed by atoms with Gasteiger partial charge < -0.3 is 4.74 Å². The molecule has 0 saturated carbocycles. The van der Waals surface area contributed by atoms with Crippen molar-refractivity contribution in [2.75, 3.05) is 20.1 Å². The Morgan fingerprint density at radius 2 is 2.04 bits per heavy atom. The summed E-state index contributed by atoms with van der Waals surface area (Å²) in [6, 6.07) is 6.83. The summed E-state index contributed by atoms with van der Waals surface area (Å²) < 4.78 is 47.0. The second-order valence-electron chi connectivity index (χ2n) is 7.49. The number of hydrogen-bond donors (Lipinski definition) is 0. The van der Waals surface area contributed by atoms with Crippen molar-refractivity contribution in [2.24, 2.45) is 0 Å². The fraction of sp³-hybridized carbons (Fsp3) is 0.476. The third-order valence-electron chi connectivity index (χ3n) is 4.84. The highest BCUT2D eigenvalue weighted by atomic mass is 35.5. The van der Waals surface area contributed by atoms with E-state index in [9.17, 15) is 13.2 Å². The van der Waals surface area contributed by atoms with Gasteiger partial charge in [-0.25, -0.2) is 18.2 Å². The molecule has 1 atom stereocenters. The summed E-state index contributed by atoms with van der Waals surface area (Å²) in [5.74, 6) is -2.72. The van der Waals surface area contributed by atoms with Gasteiger partial charge in [-0.15, -0.1) is 0 Å². The molecule has 0 aliphatic carbocycles. The largest absolute Gasteiger partial charge is 0.473 e. The van der Waals surface area contributed by atoms with Crippen molar-refractivity contribution in [1.82, 2.24) is 9.88 Å². The van der Waals surface area contributed by atoms with Crippen LogP contribution in [0.2, 0.25) is 5.15 Å². The Kier molecular flexibility index (Phi) is 6.20. The molecule has 1 aliphatic heterocycles.